The number of likely N-dealkylation sites (tertiary alicyclic amines) is 1. The third-order valence-corrected chi connectivity index (χ3v) is 6.30. The highest BCUT2D eigenvalue weighted by Crippen LogP contribution is 2.33. The van der Waals surface area contributed by atoms with Crippen LogP contribution in [-0.4, -0.2) is 53.5 Å². The molecule has 1 aromatic heterocycles. The maximum atomic E-state index is 12.8. The van der Waals surface area contributed by atoms with Crippen LogP contribution < -0.4 is 4.90 Å². The Labute approximate surface area is 183 Å². The summed E-state index contributed by atoms with van der Waals surface area (Å²) < 4.78 is 4.97. The molecule has 2 aliphatic rings. The number of amides is 2. The number of ether oxygens (including phenoxy) is 1. The van der Waals surface area contributed by atoms with Gasteiger partial charge in [-0.3, -0.25) is 14.5 Å². The zero-order valence-corrected chi connectivity index (χ0v) is 18.6. The van der Waals surface area contributed by atoms with E-state index in [0.29, 0.717) is 32.5 Å². The van der Waals surface area contributed by atoms with Gasteiger partial charge in [-0.2, -0.15) is 0 Å². The van der Waals surface area contributed by atoms with Gasteiger partial charge in [-0.15, -0.1) is 0 Å². The summed E-state index contributed by atoms with van der Waals surface area (Å²) in [5, 5.41) is 0. The van der Waals surface area contributed by atoms with Crippen LogP contribution in [0.1, 0.15) is 53.4 Å². The van der Waals surface area contributed by atoms with Crippen molar-refractivity contribution in [2.45, 2.75) is 52.0 Å². The number of fused-ring (bicyclic) bond motifs is 1. The summed E-state index contributed by atoms with van der Waals surface area (Å²) in [6.45, 7) is 6.07. The smallest absolute Gasteiger partial charge is 0.248 e. The van der Waals surface area contributed by atoms with Crippen LogP contribution in [0.4, 0.5) is 5.82 Å². The minimum Gasteiger partial charge on any atom is -0.375 e. The molecule has 2 amide bonds. The van der Waals surface area contributed by atoms with Gasteiger partial charge in [0.2, 0.25) is 11.8 Å². The molecule has 0 saturated carbocycles. The Balaban J connectivity index is 1.56. The van der Waals surface area contributed by atoms with Crippen LogP contribution in [0.3, 0.4) is 0 Å². The van der Waals surface area contributed by atoms with E-state index < -0.39 is 0 Å². The predicted octanol–water partition coefficient (Wildman–Crippen LogP) is 2.93. The van der Waals surface area contributed by atoms with Crippen LogP contribution in [-0.2, 0) is 27.3 Å². The molecule has 0 N–H and O–H groups in total. The van der Waals surface area contributed by atoms with Gasteiger partial charge in [0, 0.05) is 43.8 Å². The number of nitrogens with zero attached hydrogens (tertiary/aromatic N) is 4. The van der Waals surface area contributed by atoms with Crippen LogP contribution in [0.25, 0.3) is 0 Å². The number of piperidine rings is 1. The number of hydrogen-bond acceptors (Lipinski definition) is 5. The molecule has 7 nitrogen and oxygen atoms in total. The van der Waals surface area contributed by atoms with Crippen LogP contribution in [0.5, 0.6) is 0 Å². The van der Waals surface area contributed by atoms with Crippen molar-refractivity contribution in [2.24, 2.45) is 0 Å². The van der Waals surface area contributed by atoms with Gasteiger partial charge in [-0.25, -0.2) is 9.97 Å². The first-order chi connectivity index (χ1) is 15.0. The Morgan fingerprint density at radius 3 is 2.48 bits per heavy atom. The molecular formula is C24H30N4O3. The molecule has 3 heterocycles. The van der Waals surface area contributed by atoms with E-state index >= 15 is 0 Å². The molecule has 0 spiro atoms. The summed E-state index contributed by atoms with van der Waals surface area (Å²) in [6.07, 6.45) is 2.82. The monoisotopic (exact) mass is 422 g/mol. The molecule has 1 saturated heterocycles. The standard InChI is InChI=1S/C24H30N4O3/c1-16-4-6-18(7-5-16)14-28-21(29)9-8-20-17(2)25-23(26-24(20)28)19-10-12-27(13-11-19)22(30)15-31-3/h4-7,19H,8-15H2,1-3H3. The maximum Gasteiger partial charge on any atom is 0.248 e. The molecule has 0 radical (unpaired) electrons. The van der Waals surface area contributed by atoms with Gasteiger partial charge in [0.05, 0.1) is 6.54 Å². The molecule has 4 rings (SSSR count). The average molecular weight is 423 g/mol. The Morgan fingerprint density at radius 1 is 1.10 bits per heavy atom. The van der Waals surface area contributed by atoms with Gasteiger partial charge in [0.1, 0.15) is 18.2 Å². The zero-order chi connectivity index (χ0) is 22.0. The molecule has 31 heavy (non-hydrogen) atoms. The van der Waals surface area contributed by atoms with E-state index in [0.717, 1.165) is 41.3 Å². The van der Waals surface area contributed by atoms with E-state index in [2.05, 4.69) is 31.2 Å². The van der Waals surface area contributed by atoms with Crippen LogP contribution in [0, 0.1) is 13.8 Å². The molecule has 164 valence electrons. The second-order valence-corrected chi connectivity index (χ2v) is 8.52. The lowest BCUT2D eigenvalue weighted by atomic mass is 9.94. The summed E-state index contributed by atoms with van der Waals surface area (Å²) in [5.74, 6) is 1.88. The molecule has 2 aromatic rings. The first-order valence-electron chi connectivity index (χ1n) is 11.0. The Bertz CT molecular complexity index is 966. The second kappa shape index (κ2) is 9.14. The summed E-state index contributed by atoms with van der Waals surface area (Å²) in [4.78, 5) is 38.3. The fourth-order valence-corrected chi connectivity index (χ4v) is 4.43. The van der Waals surface area contributed by atoms with Crippen LogP contribution in [0.2, 0.25) is 0 Å². The van der Waals surface area contributed by atoms with Crippen molar-refractivity contribution in [3.63, 3.8) is 0 Å². The van der Waals surface area contributed by atoms with Crippen molar-refractivity contribution in [1.82, 2.24) is 14.9 Å². The predicted molar refractivity (Wildman–Crippen MR) is 118 cm³/mol. The Kier molecular flexibility index (Phi) is 6.32. The fourth-order valence-electron chi connectivity index (χ4n) is 4.43. The lowest BCUT2D eigenvalue weighted by Gasteiger charge is -2.33. The molecule has 1 aromatic carbocycles. The van der Waals surface area contributed by atoms with Gasteiger partial charge in [-0.1, -0.05) is 29.8 Å². The lowest BCUT2D eigenvalue weighted by molar-refractivity contribution is -0.136. The quantitative estimate of drug-likeness (QED) is 0.741. The number of methoxy groups -OCH3 is 1. The average Bonchev–Trinajstić information content (AvgIpc) is 2.77. The Morgan fingerprint density at radius 2 is 1.81 bits per heavy atom. The number of anilines is 1. The van der Waals surface area contributed by atoms with Crippen LogP contribution in [0.15, 0.2) is 24.3 Å². The first kappa shape index (κ1) is 21.4. The number of hydrogen-bond donors (Lipinski definition) is 0. The molecule has 2 aliphatic heterocycles. The number of aryl methyl sites for hydroxylation is 2. The number of aromatic nitrogens is 2. The van der Waals surface area contributed by atoms with Gasteiger partial charge >= 0.3 is 0 Å². The van der Waals surface area contributed by atoms with E-state index in [1.165, 1.54) is 12.7 Å². The normalized spacial score (nSPS) is 17.1. The Hall–Kier alpha value is -2.80. The van der Waals surface area contributed by atoms with Crippen molar-refractivity contribution >= 4 is 17.6 Å². The highest BCUT2D eigenvalue weighted by molar-refractivity contribution is 5.95. The molecule has 1 fully saturated rings. The number of carbonyl (C=O) groups excluding carboxylic acids is 2. The van der Waals surface area contributed by atoms with E-state index in [1.54, 1.807) is 0 Å². The fraction of sp³-hybridized carbons (Fsp3) is 0.500. The molecule has 0 aliphatic carbocycles. The van der Waals surface area contributed by atoms with Crippen molar-refractivity contribution in [2.75, 3.05) is 31.7 Å². The van der Waals surface area contributed by atoms with Crippen molar-refractivity contribution in [3.05, 3.63) is 52.5 Å². The van der Waals surface area contributed by atoms with Crippen molar-refractivity contribution in [3.8, 4) is 0 Å². The highest BCUT2D eigenvalue weighted by atomic mass is 16.5. The number of carbonyl (C=O) groups is 2. The van der Waals surface area contributed by atoms with E-state index in [-0.39, 0.29) is 24.3 Å². The topological polar surface area (TPSA) is 75.6 Å². The maximum absolute atomic E-state index is 12.8. The largest absolute Gasteiger partial charge is 0.375 e. The SMILES string of the molecule is COCC(=O)N1CCC(c2nc(C)c3c(n2)N(Cc2ccc(C)cc2)C(=O)CC3)CC1. The minimum atomic E-state index is 0.0263. The minimum absolute atomic E-state index is 0.0263. The summed E-state index contributed by atoms with van der Waals surface area (Å²) in [5.41, 5.74) is 4.32. The third-order valence-electron chi connectivity index (χ3n) is 6.30. The number of benzene rings is 1. The molecular weight excluding hydrogens is 392 g/mol. The van der Waals surface area contributed by atoms with Gasteiger partial charge in [0.25, 0.3) is 0 Å². The molecule has 7 heteroatoms. The summed E-state index contributed by atoms with van der Waals surface area (Å²) >= 11 is 0. The first-order valence-corrected chi connectivity index (χ1v) is 11.0. The van der Waals surface area contributed by atoms with Crippen molar-refractivity contribution in [1.29, 1.82) is 0 Å². The van der Waals surface area contributed by atoms with E-state index in [4.69, 9.17) is 14.7 Å². The van der Waals surface area contributed by atoms with Crippen molar-refractivity contribution < 1.29 is 14.3 Å². The van der Waals surface area contributed by atoms with Gasteiger partial charge < -0.3 is 9.64 Å². The van der Waals surface area contributed by atoms with E-state index in [9.17, 15) is 9.59 Å². The second-order valence-electron chi connectivity index (χ2n) is 8.52. The molecule has 0 unspecified atom stereocenters. The third kappa shape index (κ3) is 4.61. The number of rotatable bonds is 5. The summed E-state index contributed by atoms with van der Waals surface area (Å²) in [7, 11) is 1.54. The van der Waals surface area contributed by atoms with E-state index in [1.807, 2.05) is 16.7 Å². The lowest BCUT2D eigenvalue weighted by Crippen LogP contribution is -2.40. The summed E-state index contributed by atoms with van der Waals surface area (Å²) in [6, 6.07) is 8.27. The highest BCUT2D eigenvalue weighted by Gasteiger charge is 2.31. The van der Waals surface area contributed by atoms with Gasteiger partial charge in [-0.05, 0) is 38.7 Å². The molecule has 0 bridgehead atoms. The van der Waals surface area contributed by atoms with Crippen LogP contribution >= 0.6 is 0 Å². The molecule has 0 atom stereocenters. The van der Waals surface area contributed by atoms with Gasteiger partial charge in [0.15, 0.2) is 0 Å². The zero-order valence-electron chi connectivity index (χ0n) is 18.6.